The van der Waals surface area contributed by atoms with Gasteiger partial charge in [-0.2, -0.15) is 0 Å². The average Bonchev–Trinajstić information content (AvgIpc) is 3.71. The molecule has 54 heavy (non-hydrogen) atoms. The van der Waals surface area contributed by atoms with Gasteiger partial charge >= 0.3 is 44.4 Å². The summed E-state index contributed by atoms with van der Waals surface area (Å²) in [5.41, 5.74) is 0.525. The van der Waals surface area contributed by atoms with Crippen LogP contribution in [0, 0.1) is 22.7 Å². The first kappa shape index (κ1) is 45.9. The van der Waals surface area contributed by atoms with Gasteiger partial charge in [0.25, 0.3) is 5.91 Å². The van der Waals surface area contributed by atoms with Crippen molar-refractivity contribution in [1.29, 1.82) is 0 Å². The smallest absolute Gasteiger partial charge is 0.332 e. The van der Waals surface area contributed by atoms with Gasteiger partial charge in [-0.25, -0.2) is 9.67 Å². The van der Waals surface area contributed by atoms with Crippen molar-refractivity contribution in [3.63, 3.8) is 0 Å². The SMILES string of the molecule is CCOC(=O)C(COC(C)=O)(COP(OC[C@H]1O[C@@H](n2cnc(C(N)=O)n2)C(C)C1C)OCC(COC(C)=O)(C(=O)OCC)C(=O)OCC)C(=O)OCC. The monoisotopic (exact) mass is 792 g/mol. The number of esters is 6. The highest BCUT2D eigenvalue weighted by Gasteiger charge is 2.54. The molecule has 0 aliphatic carbocycles. The third-order valence-electron chi connectivity index (χ3n) is 8.05. The first-order valence-electron chi connectivity index (χ1n) is 17.0. The maximum Gasteiger partial charge on any atom is 0.332 e. The third kappa shape index (κ3) is 11.8. The Bertz CT molecular complexity index is 1370. The minimum absolute atomic E-state index is 0.178. The molecule has 1 saturated heterocycles. The van der Waals surface area contributed by atoms with E-state index in [0.717, 1.165) is 13.8 Å². The van der Waals surface area contributed by atoms with Crippen LogP contribution in [0.15, 0.2) is 6.33 Å². The molecule has 2 N–H and O–H groups in total. The molecule has 22 heteroatoms. The highest BCUT2D eigenvalue weighted by molar-refractivity contribution is 7.41. The molecule has 1 amide bonds. The molecule has 2 heterocycles. The number of nitrogens with zero attached hydrogens (tertiary/aromatic N) is 3. The Morgan fingerprint density at radius 3 is 1.48 bits per heavy atom. The second-order valence-corrected chi connectivity index (χ2v) is 13.1. The lowest BCUT2D eigenvalue weighted by Crippen LogP contribution is -2.50. The van der Waals surface area contributed by atoms with Crippen molar-refractivity contribution in [3.8, 4) is 0 Å². The summed E-state index contributed by atoms with van der Waals surface area (Å²) < 4.78 is 56.1. The van der Waals surface area contributed by atoms with Crippen molar-refractivity contribution in [2.45, 2.75) is 67.7 Å². The van der Waals surface area contributed by atoms with Crippen LogP contribution in [0.3, 0.4) is 0 Å². The molecule has 1 aromatic rings. The van der Waals surface area contributed by atoms with E-state index in [0.29, 0.717) is 0 Å². The quantitative estimate of drug-likeness (QED) is 0.0705. The summed E-state index contributed by atoms with van der Waals surface area (Å²) in [5.74, 6) is -7.82. The third-order valence-corrected chi connectivity index (χ3v) is 9.09. The van der Waals surface area contributed by atoms with E-state index in [1.165, 1.54) is 38.7 Å². The maximum atomic E-state index is 13.4. The molecule has 0 bridgehead atoms. The van der Waals surface area contributed by atoms with Gasteiger partial charge in [0.15, 0.2) is 6.23 Å². The Kier molecular flexibility index (Phi) is 18.3. The molecule has 2 rings (SSSR count). The van der Waals surface area contributed by atoms with Crippen LogP contribution in [0.4, 0.5) is 0 Å². The molecule has 1 aliphatic rings. The van der Waals surface area contributed by atoms with E-state index in [1.54, 1.807) is 0 Å². The molecular weight excluding hydrogens is 743 g/mol. The molecule has 1 aromatic heterocycles. The molecular formula is C32H49N4O17P. The van der Waals surface area contributed by atoms with E-state index in [2.05, 4.69) is 10.1 Å². The van der Waals surface area contributed by atoms with Crippen LogP contribution < -0.4 is 5.73 Å². The number of hydrogen-bond acceptors (Lipinski definition) is 19. The number of hydrogen-bond donors (Lipinski definition) is 1. The maximum absolute atomic E-state index is 13.4. The fourth-order valence-corrected chi connectivity index (χ4v) is 5.99. The Hall–Kier alpha value is -4.30. The summed E-state index contributed by atoms with van der Waals surface area (Å²) >= 11 is 0. The van der Waals surface area contributed by atoms with Gasteiger partial charge in [-0.15, -0.1) is 5.10 Å². The van der Waals surface area contributed by atoms with Crippen LogP contribution in [-0.2, 0) is 75.5 Å². The fourth-order valence-electron chi connectivity index (χ4n) is 4.85. The highest BCUT2D eigenvalue weighted by Crippen LogP contribution is 2.46. The van der Waals surface area contributed by atoms with E-state index in [-0.39, 0.29) is 50.7 Å². The van der Waals surface area contributed by atoms with Crippen LogP contribution in [0.25, 0.3) is 0 Å². The number of aromatic nitrogens is 3. The highest BCUT2D eigenvalue weighted by atomic mass is 31.2. The summed E-state index contributed by atoms with van der Waals surface area (Å²) in [6, 6.07) is 0. The molecule has 0 saturated carbocycles. The minimum Gasteiger partial charge on any atom is -0.465 e. The van der Waals surface area contributed by atoms with Crippen molar-refractivity contribution < 1.29 is 80.3 Å². The minimum atomic E-state index is -2.79. The Morgan fingerprint density at radius 1 is 0.704 bits per heavy atom. The van der Waals surface area contributed by atoms with Crippen LogP contribution in [0.1, 0.15) is 72.2 Å². The van der Waals surface area contributed by atoms with Gasteiger partial charge in [-0.1, -0.05) is 13.8 Å². The van der Waals surface area contributed by atoms with Gasteiger partial charge in [0.1, 0.15) is 19.5 Å². The molecule has 1 aliphatic heterocycles. The zero-order chi connectivity index (χ0) is 40.6. The van der Waals surface area contributed by atoms with Crippen molar-refractivity contribution in [2.75, 3.05) is 59.5 Å². The number of carbonyl (C=O) groups is 7. The molecule has 0 radical (unpaired) electrons. The Morgan fingerprint density at radius 2 is 1.13 bits per heavy atom. The summed E-state index contributed by atoms with van der Waals surface area (Å²) in [5, 5.41) is 4.08. The summed E-state index contributed by atoms with van der Waals surface area (Å²) in [4.78, 5) is 92.5. The molecule has 0 aromatic carbocycles. The first-order valence-corrected chi connectivity index (χ1v) is 18.1. The molecule has 0 spiro atoms. The lowest BCUT2D eigenvalue weighted by molar-refractivity contribution is -0.182. The van der Waals surface area contributed by atoms with Gasteiger partial charge in [0.05, 0.1) is 52.4 Å². The number of carbonyl (C=O) groups excluding carboxylic acids is 7. The molecule has 4 atom stereocenters. The zero-order valence-electron chi connectivity index (χ0n) is 31.6. The predicted octanol–water partition coefficient (Wildman–Crippen LogP) is 1.17. The topological polar surface area (TPSA) is 269 Å². The normalized spacial score (nSPS) is 18.5. The van der Waals surface area contributed by atoms with E-state index < -0.39 is 99.9 Å². The average molecular weight is 793 g/mol. The summed E-state index contributed by atoms with van der Waals surface area (Å²) in [7, 11) is -2.79. The van der Waals surface area contributed by atoms with Crippen LogP contribution >= 0.6 is 8.60 Å². The van der Waals surface area contributed by atoms with Gasteiger partial charge in [-0.3, -0.25) is 33.6 Å². The number of ether oxygens (including phenoxy) is 7. The fraction of sp³-hybridized carbons (Fsp3) is 0.719. The summed E-state index contributed by atoms with van der Waals surface area (Å²) in [6.07, 6.45) is -0.127. The first-order chi connectivity index (χ1) is 25.5. The molecule has 2 unspecified atom stereocenters. The number of primary amides is 1. The summed E-state index contributed by atoms with van der Waals surface area (Å²) in [6.45, 7) is 7.23. The number of nitrogens with two attached hydrogens (primary N) is 1. The van der Waals surface area contributed by atoms with Gasteiger partial charge < -0.3 is 52.5 Å². The second-order valence-electron chi connectivity index (χ2n) is 11.9. The lowest BCUT2D eigenvalue weighted by Gasteiger charge is -2.31. The van der Waals surface area contributed by atoms with Gasteiger partial charge in [0, 0.05) is 19.8 Å². The van der Waals surface area contributed by atoms with Crippen LogP contribution in [-0.4, -0.2) is 122 Å². The van der Waals surface area contributed by atoms with Crippen molar-refractivity contribution in [2.24, 2.45) is 28.4 Å². The molecule has 304 valence electrons. The predicted molar refractivity (Wildman–Crippen MR) is 180 cm³/mol. The Balaban J connectivity index is 2.55. The zero-order valence-corrected chi connectivity index (χ0v) is 32.5. The van der Waals surface area contributed by atoms with Crippen molar-refractivity contribution >= 4 is 50.3 Å². The molecule has 21 nitrogen and oxygen atoms in total. The Labute approximate surface area is 313 Å². The number of rotatable bonds is 23. The van der Waals surface area contributed by atoms with E-state index >= 15 is 0 Å². The van der Waals surface area contributed by atoms with Gasteiger partial charge in [-0.05, 0) is 33.6 Å². The van der Waals surface area contributed by atoms with E-state index in [4.69, 9.17) is 52.5 Å². The van der Waals surface area contributed by atoms with E-state index in [9.17, 15) is 33.6 Å². The standard InChI is InChI=1S/C32H49N4O17P/c1-9-44-27(40)31(14-48-21(7)37,28(41)45-10-2)16-51-54(52-17-32(15-49-22(8)38,29(42)46-11-3)30(43)47-12-4)50-13-23-19(5)20(6)26(53-23)36-18-34-25(35-36)24(33)39/h18-20,23,26H,9-17H2,1-8H3,(H2,33,39)/t19?,20?,23-,26-/m1/s1. The van der Waals surface area contributed by atoms with Gasteiger partial charge in [0.2, 0.25) is 16.7 Å². The van der Waals surface area contributed by atoms with Crippen LogP contribution in [0.2, 0.25) is 0 Å². The van der Waals surface area contributed by atoms with Crippen molar-refractivity contribution in [1.82, 2.24) is 14.8 Å². The second kappa shape index (κ2) is 21.6. The van der Waals surface area contributed by atoms with Crippen LogP contribution in [0.5, 0.6) is 0 Å². The molecule has 1 fully saturated rings. The number of amides is 1. The van der Waals surface area contributed by atoms with Crippen molar-refractivity contribution in [3.05, 3.63) is 12.2 Å². The lowest BCUT2D eigenvalue weighted by atomic mass is 9.90. The van der Waals surface area contributed by atoms with E-state index in [1.807, 2.05) is 13.8 Å². The largest absolute Gasteiger partial charge is 0.465 e.